The van der Waals surface area contributed by atoms with E-state index in [1.54, 1.807) is 6.20 Å². The molecule has 6 nitrogen and oxygen atoms in total. The topological polar surface area (TPSA) is 58.9 Å². The van der Waals surface area contributed by atoms with E-state index >= 15 is 0 Å². The van der Waals surface area contributed by atoms with E-state index in [2.05, 4.69) is 15.2 Å². The predicted molar refractivity (Wildman–Crippen MR) is 119 cm³/mol. The number of pyridine rings is 2. The molecule has 7 rings (SSSR count). The van der Waals surface area contributed by atoms with Crippen LogP contribution in [0.4, 0.5) is 14.6 Å². The first kappa shape index (κ1) is 19.3. The summed E-state index contributed by atoms with van der Waals surface area (Å²) in [5, 5.41) is 3.57. The van der Waals surface area contributed by atoms with Crippen LogP contribution in [0.1, 0.15) is 18.5 Å². The summed E-state index contributed by atoms with van der Waals surface area (Å²) in [4.78, 5) is 16.3. The molecule has 2 atom stereocenters. The van der Waals surface area contributed by atoms with Crippen molar-refractivity contribution in [2.45, 2.75) is 31.8 Å². The number of hydrogen-bond donors (Lipinski definition) is 1. The van der Waals surface area contributed by atoms with Crippen LogP contribution in [-0.4, -0.2) is 44.7 Å². The number of aromatic nitrogens is 4. The van der Waals surface area contributed by atoms with Crippen molar-refractivity contribution in [1.82, 2.24) is 24.8 Å². The average Bonchev–Trinajstić information content (AvgIpc) is 3.18. The molecule has 3 saturated heterocycles. The van der Waals surface area contributed by atoms with E-state index in [9.17, 15) is 8.78 Å². The Morgan fingerprint density at radius 3 is 2.66 bits per heavy atom. The van der Waals surface area contributed by atoms with Gasteiger partial charge in [0.05, 0.1) is 11.3 Å². The monoisotopic (exact) mass is 432 g/mol. The van der Waals surface area contributed by atoms with E-state index in [0.717, 1.165) is 42.8 Å². The molecule has 0 spiro atoms. The van der Waals surface area contributed by atoms with Gasteiger partial charge in [-0.2, -0.15) is 0 Å². The summed E-state index contributed by atoms with van der Waals surface area (Å²) < 4.78 is 30.2. The smallest absolute Gasteiger partial charge is 0.167 e. The second-order valence-electron chi connectivity index (χ2n) is 8.55. The molecule has 3 aliphatic heterocycles. The molecular formula is C24H22F2N6. The highest BCUT2D eigenvalue weighted by Gasteiger charge is 2.34. The van der Waals surface area contributed by atoms with E-state index in [0.29, 0.717) is 29.1 Å². The molecule has 3 aromatic heterocycles. The number of nitrogens with one attached hydrogen (secondary N) is 1. The Hall–Kier alpha value is -3.39. The summed E-state index contributed by atoms with van der Waals surface area (Å²) in [5.41, 5.74) is 3.13. The first-order chi connectivity index (χ1) is 15.6. The number of imidazole rings is 1. The van der Waals surface area contributed by atoms with Crippen molar-refractivity contribution in [3.8, 4) is 17.1 Å². The third-order valence-corrected chi connectivity index (χ3v) is 6.44. The maximum absolute atomic E-state index is 14.8. The number of halogens is 2. The SMILES string of the molecule is Cc1cc(-n2c(-c3ccc(F)cc3F)nc3ccc(N4C[C@H]5CC[C@@H]4CN5)nc32)ccn1. The van der Waals surface area contributed by atoms with Crippen LogP contribution in [-0.2, 0) is 0 Å². The Morgan fingerprint density at radius 2 is 1.94 bits per heavy atom. The zero-order valence-corrected chi connectivity index (χ0v) is 17.6. The molecule has 3 fully saturated rings. The van der Waals surface area contributed by atoms with E-state index in [1.807, 2.05) is 35.8 Å². The third kappa shape index (κ3) is 3.14. The van der Waals surface area contributed by atoms with Crippen molar-refractivity contribution >= 4 is 17.0 Å². The van der Waals surface area contributed by atoms with Crippen LogP contribution in [0, 0.1) is 18.6 Å². The largest absolute Gasteiger partial charge is 0.351 e. The van der Waals surface area contributed by atoms with Gasteiger partial charge in [-0.05, 0) is 56.2 Å². The quantitative estimate of drug-likeness (QED) is 0.530. The molecule has 2 bridgehead atoms. The molecule has 1 aromatic carbocycles. The van der Waals surface area contributed by atoms with Crippen molar-refractivity contribution in [3.05, 3.63) is 66.0 Å². The minimum Gasteiger partial charge on any atom is -0.351 e. The van der Waals surface area contributed by atoms with Crippen molar-refractivity contribution < 1.29 is 8.78 Å². The second-order valence-corrected chi connectivity index (χ2v) is 8.55. The molecule has 0 radical (unpaired) electrons. The van der Waals surface area contributed by atoms with Crippen molar-refractivity contribution in [1.29, 1.82) is 0 Å². The number of piperazine rings is 1. The lowest BCUT2D eigenvalue weighted by Crippen LogP contribution is -2.61. The van der Waals surface area contributed by atoms with E-state index < -0.39 is 11.6 Å². The molecule has 3 aliphatic rings. The Balaban J connectivity index is 1.57. The average molecular weight is 432 g/mol. The van der Waals surface area contributed by atoms with Gasteiger partial charge in [-0.25, -0.2) is 18.7 Å². The fourth-order valence-corrected chi connectivity index (χ4v) is 4.86. The maximum Gasteiger partial charge on any atom is 0.167 e. The number of aryl methyl sites for hydroxylation is 1. The summed E-state index contributed by atoms with van der Waals surface area (Å²) >= 11 is 0. The lowest BCUT2D eigenvalue weighted by Gasteiger charge is -2.46. The van der Waals surface area contributed by atoms with Gasteiger partial charge in [0.2, 0.25) is 0 Å². The number of rotatable bonds is 3. The number of piperidine rings is 2. The molecule has 162 valence electrons. The summed E-state index contributed by atoms with van der Waals surface area (Å²) in [5.74, 6) is -0.00357. The standard InChI is InChI=1S/C24H22F2N6/c1-14-10-17(8-9-27-14)32-23(19-5-2-15(25)11-20(19)26)29-21-6-7-22(30-24(21)32)31-13-16-3-4-18(31)12-28-16/h2,5-11,16,18,28H,3-4,12-13H2,1H3/t16-,18-/m1/s1. The lowest BCUT2D eigenvalue weighted by molar-refractivity contribution is 0.289. The van der Waals surface area contributed by atoms with Gasteiger partial charge < -0.3 is 10.2 Å². The maximum atomic E-state index is 14.8. The van der Waals surface area contributed by atoms with Gasteiger partial charge >= 0.3 is 0 Å². The normalized spacial score (nSPS) is 20.3. The molecule has 6 heterocycles. The highest BCUT2D eigenvalue weighted by Crippen LogP contribution is 2.33. The minimum atomic E-state index is -0.660. The van der Waals surface area contributed by atoms with Gasteiger partial charge in [0.1, 0.15) is 28.8 Å². The molecule has 0 amide bonds. The fraction of sp³-hybridized carbons (Fsp3) is 0.292. The molecule has 4 aromatic rings. The number of nitrogens with zero attached hydrogens (tertiary/aromatic N) is 5. The molecule has 8 heteroatoms. The van der Waals surface area contributed by atoms with Gasteiger partial charge in [0.25, 0.3) is 0 Å². The molecule has 0 aliphatic carbocycles. The van der Waals surface area contributed by atoms with Crippen LogP contribution < -0.4 is 10.2 Å². The fourth-order valence-electron chi connectivity index (χ4n) is 4.86. The van der Waals surface area contributed by atoms with Crippen LogP contribution >= 0.6 is 0 Å². The molecule has 32 heavy (non-hydrogen) atoms. The lowest BCUT2D eigenvalue weighted by atomic mass is 9.93. The van der Waals surface area contributed by atoms with Crippen LogP contribution in [0.15, 0.2) is 48.7 Å². The molecule has 1 N–H and O–H groups in total. The number of benzene rings is 1. The van der Waals surface area contributed by atoms with Gasteiger partial charge in [0, 0.05) is 43.1 Å². The third-order valence-electron chi connectivity index (χ3n) is 6.44. The highest BCUT2D eigenvalue weighted by molar-refractivity contribution is 5.81. The van der Waals surface area contributed by atoms with Crippen LogP contribution in [0.3, 0.4) is 0 Å². The van der Waals surface area contributed by atoms with E-state index in [4.69, 9.17) is 9.97 Å². The number of hydrogen-bond acceptors (Lipinski definition) is 5. The summed E-state index contributed by atoms with van der Waals surface area (Å²) in [7, 11) is 0. The van der Waals surface area contributed by atoms with Crippen LogP contribution in [0.25, 0.3) is 28.2 Å². The van der Waals surface area contributed by atoms with Crippen molar-refractivity contribution in [3.63, 3.8) is 0 Å². The minimum absolute atomic E-state index is 0.224. The Labute approximate surface area is 183 Å². The van der Waals surface area contributed by atoms with Crippen molar-refractivity contribution in [2.75, 3.05) is 18.0 Å². The predicted octanol–water partition coefficient (Wildman–Crippen LogP) is 4.01. The van der Waals surface area contributed by atoms with E-state index in [1.165, 1.54) is 18.6 Å². The van der Waals surface area contributed by atoms with Gasteiger partial charge in [-0.3, -0.25) is 9.55 Å². The Bertz CT molecular complexity index is 1330. The van der Waals surface area contributed by atoms with Crippen LogP contribution in [0.2, 0.25) is 0 Å². The summed E-state index contributed by atoms with van der Waals surface area (Å²) in [6, 6.07) is 12.1. The first-order valence-electron chi connectivity index (χ1n) is 10.8. The Kier molecular flexibility index (Phi) is 4.43. The molecular weight excluding hydrogens is 410 g/mol. The number of anilines is 1. The van der Waals surface area contributed by atoms with E-state index in [-0.39, 0.29) is 5.56 Å². The van der Waals surface area contributed by atoms with Crippen molar-refractivity contribution in [2.24, 2.45) is 0 Å². The summed E-state index contributed by atoms with van der Waals surface area (Å²) in [6.07, 6.45) is 4.04. The van der Waals surface area contributed by atoms with Gasteiger partial charge in [-0.15, -0.1) is 0 Å². The summed E-state index contributed by atoms with van der Waals surface area (Å²) in [6.45, 7) is 3.78. The zero-order valence-electron chi connectivity index (χ0n) is 17.6. The van der Waals surface area contributed by atoms with Crippen LogP contribution in [0.5, 0.6) is 0 Å². The van der Waals surface area contributed by atoms with Gasteiger partial charge in [-0.1, -0.05) is 0 Å². The molecule has 0 unspecified atom stereocenters. The number of fused-ring (bicyclic) bond motifs is 4. The zero-order chi connectivity index (χ0) is 21.8. The first-order valence-corrected chi connectivity index (χ1v) is 10.8. The highest BCUT2D eigenvalue weighted by atomic mass is 19.1. The second kappa shape index (κ2) is 7.34. The molecule has 0 saturated carbocycles. The van der Waals surface area contributed by atoms with Gasteiger partial charge in [0.15, 0.2) is 5.65 Å². The Morgan fingerprint density at radius 1 is 1.03 bits per heavy atom.